The average molecular weight is 478 g/mol. The average Bonchev–Trinajstić information content (AvgIpc) is 3.40. The Balaban J connectivity index is 1.34. The maximum atomic E-state index is 13.0. The number of fused-ring (bicyclic) bond motifs is 4. The fourth-order valence-corrected chi connectivity index (χ4v) is 5.54. The van der Waals surface area contributed by atoms with Crippen LogP contribution < -0.4 is 11.1 Å². The van der Waals surface area contributed by atoms with Crippen molar-refractivity contribution in [3.63, 3.8) is 0 Å². The van der Waals surface area contributed by atoms with Crippen molar-refractivity contribution in [2.45, 2.75) is 25.1 Å². The molecule has 2 bridgehead atoms. The van der Waals surface area contributed by atoms with Crippen LogP contribution in [0, 0.1) is 0 Å². The number of nitrogens with two attached hydrogens (primary N) is 1. The van der Waals surface area contributed by atoms with Crippen molar-refractivity contribution in [1.82, 2.24) is 20.3 Å². The van der Waals surface area contributed by atoms with Gasteiger partial charge < -0.3 is 16.0 Å². The molecule has 0 aliphatic carbocycles. The molecule has 3 aromatic rings. The Bertz CT molecular complexity index is 1220. The Kier molecular flexibility index (Phi) is 5.99. The smallest absolute Gasteiger partial charge is 0.345 e. The minimum atomic E-state index is -0.924. The van der Waals surface area contributed by atoms with Crippen molar-refractivity contribution in [2.75, 3.05) is 13.1 Å². The second-order valence-electron chi connectivity index (χ2n) is 8.13. The van der Waals surface area contributed by atoms with Crippen molar-refractivity contribution < 1.29 is 19.2 Å². The number of nitrogens with one attached hydrogen (secondary N) is 1. The Morgan fingerprint density at radius 2 is 1.91 bits per heavy atom. The van der Waals surface area contributed by atoms with E-state index in [0.717, 1.165) is 16.7 Å². The minimum Gasteiger partial charge on any atom is -0.368 e. The van der Waals surface area contributed by atoms with E-state index in [2.05, 4.69) is 10.3 Å². The van der Waals surface area contributed by atoms with Crippen molar-refractivity contribution in [3.05, 3.63) is 87.4 Å². The molecule has 5 rings (SSSR count). The topological polar surface area (TPSA) is 118 Å². The highest BCUT2D eigenvalue weighted by Gasteiger charge is 2.51. The number of pyridine rings is 1. The summed E-state index contributed by atoms with van der Waals surface area (Å²) in [5.41, 5.74) is 8.39. The predicted molar refractivity (Wildman–Crippen MR) is 124 cm³/mol. The van der Waals surface area contributed by atoms with Crippen molar-refractivity contribution in [2.24, 2.45) is 5.73 Å². The number of carbonyl (C=O) groups excluding carboxylic acids is 3. The van der Waals surface area contributed by atoms with Crippen LogP contribution in [0.3, 0.4) is 0 Å². The highest BCUT2D eigenvalue weighted by Crippen LogP contribution is 2.47. The van der Waals surface area contributed by atoms with Crippen LogP contribution in [0.25, 0.3) is 0 Å². The van der Waals surface area contributed by atoms with Crippen LogP contribution in [0.1, 0.15) is 43.3 Å². The standard InChI is InChI=1S/C24H23N5O4S/c25-22(30)20-21-17(12-19(34-21)23(31)27-11-8-15-6-9-26-10-7-15)18-13-28(20)24(32)29(18)33-14-16-4-2-1-3-5-16/h1-7,9-10,12,18,20H,8,11,13-14H2,(H2,25,30)(H,27,31)/t18-,20+/m1/s1. The van der Waals surface area contributed by atoms with Crippen molar-refractivity contribution in [1.29, 1.82) is 0 Å². The van der Waals surface area contributed by atoms with Gasteiger partial charge in [-0.1, -0.05) is 30.3 Å². The molecule has 34 heavy (non-hydrogen) atoms. The lowest BCUT2D eigenvalue weighted by molar-refractivity contribution is -0.141. The van der Waals surface area contributed by atoms with Gasteiger partial charge in [0.05, 0.1) is 11.4 Å². The Hall–Kier alpha value is -3.76. The Morgan fingerprint density at radius 1 is 1.15 bits per heavy atom. The molecule has 2 aliphatic heterocycles. The molecule has 1 fully saturated rings. The molecule has 4 amide bonds. The van der Waals surface area contributed by atoms with Gasteiger partial charge in [0.15, 0.2) is 0 Å². The molecule has 2 aromatic heterocycles. The molecule has 0 radical (unpaired) electrons. The fraction of sp³-hybridized carbons (Fsp3) is 0.250. The molecule has 1 aromatic carbocycles. The Morgan fingerprint density at radius 3 is 2.65 bits per heavy atom. The number of nitrogens with zero attached hydrogens (tertiary/aromatic N) is 3. The summed E-state index contributed by atoms with van der Waals surface area (Å²) >= 11 is 1.19. The van der Waals surface area contributed by atoms with Gasteiger partial charge in [0.25, 0.3) is 5.91 Å². The van der Waals surface area contributed by atoms with Crippen LogP contribution in [-0.4, -0.2) is 45.9 Å². The number of rotatable bonds is 8. The summed E-state index contributed by atoms with van der Waals surface area (Å²) in [6.07, 6.45) is 4.10. The summed E-state index contributed by atoms with van der Waals surface area (Å²) in [4.78, 5) is 50.5. The number of hydrogen-bond donors (Lipinski definition) is 2. The quantitative estimate of drug-likeness (QED) is 0.517. The fourth-order valence-electron chi connectivity index (χ4n) is 4.29. The van der Waals surface area contributed by atoms with E-state index in [1.807, 2.05) is 42.5 Å². The second kappa shape index (κ2) is 9.24. The molecule has 4 heterocycles. The maximum Gasteiger partial charge on any atom is 0.345 e. The van der Waals surface area contributed by atoms with Crippen LogP contribution in [-0.2, 0) is 22.7 Å². The molecule has 0 unspecified atom stereocenters. The number of carbonyl (C=O) groups is 3. The summed E-state index contributed by atoms with van der Waals surface area (Å²) in [6.45, 7) is 0.944. The van der Waals surface area contributed by atoms with E-state index < -0.39 is 24.0 Å². The van der Waals surface area contributed by atoms with Crippen molar-refractivity contribution >= 4 is 29.2 Å². The van der Waals surface area contributed by atoms with E-state index in [9.17, 15) is 14.4 Å². The lowest BCUT2D eigenvalue weighted by atomic mass is 9.99. The monoisotopic (exact) mass is 477 g/mol. The second-order valence-corrected chi connectivity index (χ2v) is 9.22. The highest BCUT2D eigenvalue weighted by molar-refractivity contribution is 7.14. The van der Waals surface area contributed by atoms with Gasteiger partial charge >= 0.3 is 6.03 Å². The lowest BCUT2D eigenvalue weighted by Crippen LogP contribution is -2.40. The molecule has 1 saturated heterocycles. The zero-order chi connectivity index (χ0) is 23.7. The number of primary amides is 1. The molecule has 2 atom stereocenters. The summed E-state index contributed by atoms with van der Waals surface area (Å²) in [6, 6.07) is 13.3. The zero-order valence-electron chi connectivity index (χ0n) is 18.2. The van der Waals surface area contributed by atoms with Gasteiger partial charge in [0.1, 0.15) is 18.7 Å². The molecular weight excluding hydrogens is 454 g/mol. The molecule has 9 nitrogen and oxygen atoms in total. The number of thiophene rings is 1. The molecule has 10 heteroatoms. The number of hydroxylamine groups is 2. The van der Waals surface area contributed by atoms with E-state index >= 15 is 0 Å². The number of urea groups is 1. The number of hydrogen-bond acceptors (Lipinski definition) is 6. The first-order chi connectivity index (χ1) is 16.5. The third-order valence-electron chi connectivity index (χ3n) is 5.95. The molecular formula is C24H23N5O4S. The summed E-state index contributed by atoms with van der Waals surface area (Å²) in [5, 5.41) is 4.22. The van der Waals surface area contributed by atoms with E-state index in [0.29, 0.717) is 22.7 Å². The van der Waals surface area contributed by atoms with E-state index in [1.165, 1.54) is 21.3 Å². The van der Waals surface area contributed by atoms with E-state index in [1.54, 1.807) is 18.5 Å². The van der Waals surface area contributed by atoms with Gasteiger partial charge in [-0.25, -0.2) is 4.79 Å². The summed E-state index contributed by atoms with van der Waals surface area (Å²) in [7, 11) is 0. The number of benzene rings is 1. The van der Waals surface area contributed by atoms with Crippen LogP contribution >= 0.6 is 11.3 Å². The predicted octanol–water partition coefficient (Wildman–Crippen LogP) is 2.57. The highest BCUT2D eigenvalue weighted by atomic mass is 32.1. The third-order valence-corrected chi connectivity index (χ3v) is 7.15. The largest absolute Gasteiger partial charge is 0.368 e. The third kappa shape index (κ3) is 4.13. The minimum absolute atomic E-state index is 0.208. The summed E-state index contributed by atoms with van der Waals surface area (Å²) < 4.78 is 0. The first-order valence-electron chi connectivity index (χ1n) is 10.9. The number of aromatic nitrogens is 1. The molecule has 3 N–H and O–H groups in total. The van der Waals surface area contributed by atoms with Gasteiger partial charge in [0.2, 0.25) is 5.91 Å². The maximum absolute atomic E-state index is 13.0. The summed E-state index contributed by atoms with van der Waals surface area (Å²) in [5.74, 6) is -0.866. The SMILES string of the molecule is NC(=O)[C@@H]1c2sc(C(=O)NCCc3ccncc3)cc2[C@H]2CN1C(=O)N2OCc1ccccc1. The van der Waals surface area contributed by atoms with Crippen LogP contribution in [0.4, 0.5) is 4.79 Å². The molecule has 2 aliphatic rings. The van der Waals surface area contributed by atoms with E-state index in [-0.39, 0.29) is 19.1 Å². The normalized spacial score (nSPS) is 18.6. The van der Waals surface area contributed by atoms with Crippen LogP contribution in [0.2, 0.25) is 0 Å². The van der Waals surface area contributed by atoms with Crippen molar-refractivity contribution in [3.8, 4) is 0 Å². The molecule has 0 spiro atoms. The van der Waals surface area contributed by atoms with Gasteiger partial charge in [-0.15, -0.1) is 11.3 Å². The molecule has 0 saturated carbocycles. The first kappa shape index (κ1) is 22.1. The Labute approximate surface area is 200 Å². The molecule has 174 valence electrons. The zero-order valence-corrected chi connectivity index (χ0v) is 19.0. The van der Waals surface area contributed by atoms with E-state index in [4.69, 9.17) is 10.6 Å². The van der Waals surface area contributed by atoms with Gasteiger partial charge in [-0.3, -0.25) is 19.4 Å². The van der Waals surface area contributed by atoms with Gasteiger partial charge in [0, 0.05) is 23.8 Å². The first-order valence-corrected chi connectivity index (χ1v) is 11.7. The number of amides is 4. The van der Waals surface area contributed by atoms with Crippen LogP contribution in [0.5, 0.6) is 0 Å². The lowest BCUT2D eigenvalue weighted by Gasteiger charge is -2.28. The van der Waals surface area contributed by atoms with Crippen LogP contribution in [0.15, 0.2) is 60.9 Å². The van der Waals surface area contributed by atoms with Gasteiger partial charge in [-0.05, 0) is 41.3 Å². The van der Waals surface area contributed by atoms with Gasteiger partial charge in [-0.2, -0.15) is 5.06 Å².